The summed E-state index contributed by atoms with van der Waals surface area (Å²) in [6, 6.07) is 0. The second kappa shape index (κ2) is 5.38. The third-order valence-corrected chi connectivity index (χ3v) is 3.16. The van der Waals surface area contributed by atoms with Gasteiger partial charge in [0, 0.05) is 17.9 Å². The lowest BCUT2D eigenvalue weighted by atomic mass is 9.78. The van der Waals surface area contributed by atoms with E-state index in [1.807, 2.05) is 0 Å². The van der Waals surface area contributed by atoms with Gasteiger partial charge >= 0.3 is 13.3 Å². The van der Waals surface area contributed by atoms with Crippen molar-refractivity contribution < 1.29 is 28.0 Å². The molecule has 114 valence electrons. The van der Waals surface area contributed by atoms with Crippen molar-refractivity contribution in [3.63, 3.8) is 0 Å². The van der Waals surface area contributed by atoms with Gasteiger partial charge in [0.25, 0.3) is 0 Å². The zero-order chi connectivity index (χ0) is 15.8. The molecule has 0 radical (unpaired) electrons. The van der Waals surface area contributed by atoms with E-state index in [1.54, 1.807) is 13.8 Å². The molecule has 0 saturated carbocycles. The van der Waals surface area contributed by atoms with Crippen LogP contribution in [0.4, 0.5) is 13.2 Å². The van der Waals surface area contributed by atoms with Crippen molar-refractivity contribution in [2.24, 2.45) is 0 Å². The molecule has 0 aliphatic rings. The number of nitrogens with zero attached hydrogens (tertiary/aromatic N) is 2. The third-order valence-electron chi connectivity index (χ3n) is 3.16. The molecule has 0 unspecified atom stereocenters. The monoisotopic (exact) mass is 294 g/mol. The Balaban J connectivity index is 2.77. The smallest absolute Gasteiger partial charge is 0.423 e. The molecule has 0 aromatic carbocycles. The van der Waals surface area contributed by atoms with Gasteiger partial charge in [-0.1, -0.05) is 0 Å². The highest BCUT2D eigenvalue weighted by atomic mass is 19.4. The largest absolute Gasteiger partial charge is 0.494 e. The van der Waals surface area contributed by atoms with Gasteiger partial charge in [0.15, 0.2) is 0 Å². The first-order chi connectivity index (χ1) is 8.82. The van der Waals surface area contributed by atoms with Crippen molar-refractivity contribution in [1.29, 1.82) is 0 Å². The van der Waals surface area contributed by atoms with E-state index in [1.165, 1.54) is 13.8 Å². The van der Waals surface area contributed by atoms with Crippen molar-refractivity contribution in [2.75, 3.05) is 0 Å². The average molecular weight is 294 g/mol. The van der Waals surface area contributed by atoms with Gasteiger partial charge < -0.3 is 14.8 Å². The summed E-state index contributed by atoms with van der Waals surface area (Å²) in [5.74, 6) is 0. The van der Waals surface area contributed by atoms with Crippen LogP contribution >= 0.6 is 0 Å². The normalized spacial score (nSPS) is 13.7. The fourth-order valence-corrected chi connectivity index (χ4v) is 1.27. The lowest BCUT2D eigenvalue weighted by molar-refractivity contribution is -0.142. The van der Waals surface area contributed by atoms with Crippen LogP contribution in [0.3, 0.4) is 0 Å². The molecule has 0 amide bonds. The number of aromatic nitrogens is 2. The molecule has 1 rings (SSSR count). The lowest BCUT2D eigenvalue weighted by Gasteiger charge is -2.38. The summed E-state index contributed by atoms with van der Waals surface area (Å²) in [5, 5.41) is 23.3. The second-order valence-corrected chi connectivity index (χ2v) is 5.63. The third kappa shape index (κ3) is 4.50. The maximum atomic E-state index is 12.2. The summed E-state index contributed by atoms with van der Waals surface area (Å²) in [5.41, 5.74) is -2.25. The molecule has 0 bridgehead atoms. The Morgan fingerprint density at radius 2 is 1.85 bits per heavy atom. The Hall–Kier alpha value is -1.06. The second-order valence-electron chi connectivity index (χ2n) is 5.63. The highest BCUT2D eigenvalue weighted by molar-refractivity contribution is 6.59. The molecule has 2 N–H and O–H groups in total. The quantitative estimate of drug-likeness (QED) is 0.784. The minimum absolute atomic E-state index is 0.0894. The molecule has 0 atom stereocenters. The number of alkyl halides is 3. The molecule has 1 aromatic rings. The van der Waals surface area contributed by atoms with Crippen LogP contribution in [0.1, 0.15) is 27.7 Å². The Morgan fingerprint density at radius 3 is 2.30 bits per heavy atom. The zero-order valence-electron chi connectivity index (χ0n) is 11.8. The zero-order valence-corrected chi connectivity index (χ0v) is 11.8. The first-order valence-corrected chi connectivity index (χ1v) is 5.99. The molecule has 5 nitrogen and oxygen atoms in total. The van der Waals surface area contributed by atoms with Gasteiger partial charge in [-0.2, -0.15) is 18.3 Å². The molecule has 0 saturated heterocycles. The molecule has 0 spiro atoms. The Morgan fingerprint density at radius 1 is 1.30 bits per heavy atom. The van der Waals surface area contributed by atoms with Crippen molar-refractivity contribution in [1.82, 2.24) is 9.78 Å². The summed E-state index contributed by atoms with van der Waals surface area (Å²) in [7, 11) is -1.47. The molecule has 0 aliphatic carbocycles. The fraction of sp³-hybridized carbons (Fsp3) is 0.727. The first-order valence-electron chi connectivity index (χ1n) is 5.99. The van der Waals surface area contributed by atoms with E-state index in [2.05, 4.69) is 5.10 Å². The standard InChI is InChI=1S/C11H18BF3N2O3/c1-9(2,18)10(3,4)20-12(19)8-5-16-17(6-8)7-11(13,14)15/h5-6,18-19H,7H2,1-4H3. The summed E-state index contributed by atoms with van der Waals surface area (Å²) < 4.78 is 42.5. The van der Waals surface area contributed by atoms with E-state index in [0.29, 0.717) is 4.68 Å². The van der Waals surface area contributed by atoms with Crippen LogP contribution in [-0.2, 0) is 11.2 Å². The number of aliphatic hydroxyl groups is 1. The molecule has 0 aliphatic heterocycles. The van der Waals surface area contributed by atoms with Gasteiger partial charge in [0.05, 0.1) is 11.2 Å². The highest BCUT2D eigenvalue weighted by Gasteiger charge is 2.40. The van der Waals surface area contributed by atoms with Crippen LogP contribution in [0, 0.1) is 0 Å². The minimum atomic E-state index is -4.39. The Kier molecular flexibility index (Phi) is 4.57. The van der Waals surface area contributed by atoms with E-state index >= 15 is 0 Å². The van der Waals surface area contributed by atoms with Crippen molar-refractivity contribution in [3.05, 3.63) is 12.4 Å². The molecule has 0 fully saturated rings. The van der Waals surface area contributed by atoms with Gasteiger partial charge in [-0.15, -0.1) is 0 Å². The van der Waals surface area contributed by atoms with Gasteiger partial charge in [0.2, 0.25) is 0 Å². The van der Waals surface area contributed by atoms with E-state index in [0.717, 1.165) is 12.4 Å². The molecule has 1 aromatic heterocycles. The van der Waals surface area contributed by atoms with Gasteiger partial charge in [0.1, 0.15) is 6.54 Å². The summed E-state index contributed by atoms with van der Waals surface area (Å²) in [6.45, 7) is 4.90. The number of rotatable bonds is 5. The van der Waals surface area contributed by atoms with E-state index in [-0.39, 0.29) is 5.46 Å². The summed E-state index contributed by atoms with van der Waals surface area (Å²) in [6.07, 6.45) is -2.24. The topological polar surface area (TPSA) is 67.5 Å². The van der Waals surface area contributed by atoms with Crippen molar-refractivity contribution in [3.8, 4) is 0 Å². The van der Waals surface area contributed by atoms with Crippen molar-refractivity contribution in [2.45, 2.75) is 51.6 Å². The predicted molar refractivity (Wildman–Crippen MR) is 67.4 cm³/mol. The summed E-state index contributed by atoms with van der Waals surface area (Å²) in [4.78, 5) is 0. The van der Waals surface area contributed by atoms with E-state index in [4.69, 9.17) is 4.65 Å². The van der Waals surface area contributed by atoms with E-state index in [9.17, 15) is 23.3 Å². The Bertz CT molecular complexity index is 455. The van der Waals surface area contributed by atoms with Gasteiger partial charge in [-0.25, -0.2) is 0 Å². The van der Waals surface area contributed by atoms with Crippen molar-refractivity contribution >= 4 is 12.6 Å². The fourth-order valence-electron chi connectivity index (χ4n) is 1.27. The molecule has 9 heteroatoms. The lowest BCUT2D eigenvalue weighted by Crippen LogP contribution is -2.53. The van der Waals surface area contributed by atoms with Crippen LogP contribution in [-0.4, -0.2) is 44.4 Å². The minimum Gasteiger partial charge on any atom is -0.423 e. The van der Waals surface area contributed by atoms with E-state index < -0.39 is 31.0 Å². The average Bonchev–Trinajstić information content (AvgIpc) is 2.60. The number of hydrogen-bond donors (Lipinski definition) is 2. The van der Waals surface area contributed by atoms with Crippen LogP contribution in [0.15, 0.2) is 12.4 Å². The number of halogens is 3. The molecular weight excluding hydrogens is 276 g/mol. The van der Waals surface area contributed by atoms with Crippen LogP contribution in [0.5, 0.6) is 0 Å². The first kappa shape index (κ1) is 17.0. The summed E-state index contributed by atoms with van der Waals surface area (Å²) >= 11 is 0. The number of hydrogen-bond acceptors (Lipinski definition) is 4. The highest BCUT2D eigenvalue weighted by Crippen LogP contribution is 2.25. The van der Waals surface area contributed by atoms with Gasteiger partial charge in [-0.3, -0.25) is 4.68 Å². The van der Waals surface area contributed by atoms with Crippen LogP contribution < -0.4 is 5.46 Å². The van der Waals surface area contributed by atoms with Crippen LogP contribution in [0.25, 0.3) is 0 Å². The van der Waals surface area contributed by atoms with Crippen LogP contribution in [0.2, 0.25) is 0 Å². The molecule has 20 heavy (non-hydrogen) atoms. The predicted octanol–water partition coefficient (Wildman–Crippen LogP) is 0.699. The SMILES string of the molecule is CC(C)(O)C(C)(C)OB(O)c1cnn(CC(F)(F)F)c1. The molecule has 1 heterocycles. The molecular formula is C11H18BF3N2O3. The Labute approximate surface area is 115 Å². The van der Waals surface area contributed by atoms with Gasteiger partial charge in [-0.05, 0) is 27.7 Å². The maximum Gasteiger partial charge on any atom is 0.494 e. The maximum absolute atomic E-state index is 12.2.